The molecule has 7 nitrogen and oxygen atoms in total. The van der Waals surface area contributed by atoms with Gasteiger partial charge < -0.3 is 19.6 Å². The number of carboxylic acids is 1. The molecule has 4 atom stereocenters. The minimum absolute atomic E-state index is 0.0151. The van der Waals surface area contributed by atoms with Crippen LogP contribution in [0.2, 0.25) is 0 Å². The number of rotatable bonds is 12. The smallest absolute Gasteiger partial charge is 0.303 e. The van der Waals surface area contributed by atoms with Gasteiger partial charge in [-0.1, -0.05) is 54.6 Å². The van der Waals surface area contributed by atoms with Gasteiger partial charge >= 0.3 is 5.97 Å². The molecule has 0 radical (unpaired) electrons. The van der Waals surface area contributed by atoms with Crippen LogP contribution in [0.15, 0.2) is 65.3 Å². The highest BCUT2D eigenvalue weighted by molar-refractivity contribution is 5.91. The number of aliphatic carboxylic acids is 1. The first-order valence-electron chi connectivity index (χ1n) is 13.3. The van der Waals surface area contributed by atoms with Gasteiger partial charge in [-0.2, -0.15) is 0 Å². The number of hydrogen-bond donors (Lipinski definition) is 2. The second-order valence-electron chi connectivity index (χ2n) is 10.1. The van der Waals surface area contributed by atoms with Crippen molar-refractivity contribution in [3.8, 4) is 0 Å². The molecule has 0 spiro atoms. The number of carboxylic acid groups (broad SMARTS) is 1. The van der Waals surface area contributed by atoms with Gasteiger partial charge in [-0.25, -0.2) is 4.98 Å². The molecule has 3 heterocycles. The predicted molar refractivity (Wildman–Crippen MR) is 138 cm³/mol. The maximum Gasteiger partial charge on any atom is 0.303 e. The monoisotopic (exact) mass is 502 g/mol. The van der Waals surface area contributed by atoms with Gasteiger partial charge in [0.15, 0.2) is 5.69 Å². The summed E-state index contributed by atoms with van der Waals surface area (Å²) in [7, 11) is 0. The highest BCUT2D eigenvalue weighted by atomic mass is 16.5. The zero-order valence-electron chi connectivity index (χ0n) is 21.0. The Bertz CT molecular complexity index is 1210. The van der Waals surface area contributed by atoms with Crippen LogP contribution < -0.4 is 5.32 Å². The molecule has 2 aromatic carbocycles. The zero-order valence-corrected chi connectivity index (χ0v) is 21.0. The SMILES string of the molecule is O=C(O)CCc1ccccc1CC1C2CCC(O2)C1c1nc(C(=O)NCCCCc2ccccc2)co1. The van der Waals surface area contributed by atoms with Crippen LogP contribution in [0.25, 0.3) is 0 Å². The highest BCUT2D eigenvalue weighted by Gasteiger charge is 2.51. The maximum atomic E-state index is 12.7. The Kier molecular flexibility index (Phi) is 7.99. The third kappa shape index (κ3) is 6.10. The number of hydrogen-bond acceptors (Lipinski definition) is 5. The van der Waals surface area contributed by atoms with E-state index in [4.69, 9.17) is 14.3 Å². The molecule has 37 heavy (non-hydrogen) atoms. The third-order valence-corrected chi connectivity index (χ3v) is 7.67. The van der Waals surface area contributed by atoms with Crippen molar-refractivity contribution < 1.29 is 23.8 Å². The van der Waals surface area contributed by atoms with Crippen LogP contribution in [0.3, 0.4) is 0 Å². The summed E-state index contributed by atoms with van der Waals surface area (Å²) in [5, 5.41) is 12.1. The lowest BCUT2D eigenvalue weighted by molar-refractivity contribution is -0.136. The van der Waals surface area contributed by atoms with E-state index in [0.29, 0.717) is 24.6 Å². The lowest BCUT2D eigenvalue weighted by Crippen LogP contribution is -2.28. The van der Waals surface area contributed by atoms with Crippen molar-refractivity contribution in [2.24, 2.45) is 5.92 Å². The molecule has 5 rings (SSSR count). The molecule has 1 aromatic heterocycles. The first-order valence-corrected chi connectivity index (χ1v) is 13.3. The molecule has 2 N–H and O–H groups in total. The molecule has 7 heteroatoms. The number of nitrogens with one attached hydrogen (secondary N) is 1. The Hall–Kier alpha value is -3.45. The first kappa shape index (κ1) is 25.2. The van der Waals surface area contributed by atoms with E-state index in [-0.39, 0.29) is 36.4 Å². The van der Waals surface area contributed by atoms with Crippen LogP contribution >= 0.6 is 0 Å². The van der Waals surface area contributed by atoms with Crippen LogP contribution in [-0.2, 0) is 28.8 Å². The van der Waals surface area contributed by atoms with Gasteiger partial charge in [0.2, 0.25) is 5.89 Å². The van der Waals surface area contributed by atoms with Crippen molar-refractivity contribution in [1.82, 2.24) is 10.3 Å². The van der Waals surface area contributed by atoms with E-state index in [9.17, 15) is 9.59 Å². The average molecular weight is 503 g/mol. The Morgan fingerprint density at radius 1 is 0.946 bits per heavy atom. The summed E-state index contributed by atoms with van der Waals surface area (Å²) in [4.78, 5) is 28.4. The van der Waals surface area contributed by atoms with Gasteiger partial charge in [-0.3, -0.25) is 9.59 Å². The summed E-state index contributed by atoms with van der Waals surface area (Å²) >= 11 is 0. The van der Waals surface area contributed by atoms with Crippen molar-refractivity contribution >= 4 is 11.9 Å². The number of nitrogens with zero attached hydrogens (tertiary/aromatic N) is 1. The third-order valence-electron chi connectivity index (χ3n) is 7.67. The molecule has 1 amide bonds. The summed E-state index contributed by atoms with van der Waals surface area (Å²) in [5.74, 6) is -0.280. The minimum atomic E-state index is -0.794. The molecule has 2 aliphatic rings. The quantitative estimate of drug-likeness (QED) is 0.340. The van der Waals surface area contributed by atoms with E-state index in [2.05, 4.69) is 28.5 Å². The number of aryl methyl sites for hydroxylation is 2. The molecule has 4 unspecified atom stereocenters. The summed E-state index contributed by atoms with van der Waals surface area (Å²) in [6.07, 6.45) is 7.86. The maximum absolute atomic E-state index is 12.7. The Morgan fingerprint density at radius 3 is 2.51 bits per heavy atom. The summed E-state index contributed by atoms with van der Waals surface area (Å²) in [6.45, 7) is 0.598. The van der Waals surface area contributed by atoms with Crippen LogP contribution in [-0.4, -0.2) is 40.7 Å². The fourth-order valence-electron chi connectivity index (χ4n) is 5.81. The van der Waals surface area contributed by atoms with E-state index in [1.54, 1.807) is 0 Å². The number of oxazole rings is 1. The molecule has 2 saturated heterocycles. The molecule has 2 aliphatic heterocycles. The first-order chi connectivity index (χ1) is 18.1. The Balaban J connectivity index is 1.19. The number of unbranched alkanes of at least 4 members (excludes halogenated alkanes) is 1. The topological polar surface area (TPSA) is 102 Å². The van der Waals surface area contributed by atoms with E-state index in [0.717, 1.165) is 49.7 Å². The van der Waals surface area contributed by atoms with Gasteiger partial charge in [-0.15, -0.1) is 0 Å². The average Bonchev–Trinajstić information content (AvgIpc) is 3.65. The molecule has 194 valence electrons. The second-order valence-corrected chi connectivity index (χ2v) is 10.1. The van der Waals surface area contributed by atoms with E-state index in [1.165, 1.54) is 11.8 Å². The number of benzene rings is 2. The van der Waals surface area contributed by atoms with Gasteiger partial charge in [0, 0.05) is 18.9 Å². The number of carbonyl (C=O) groups excluding carboxylic acids is 1. The molecular weight excluding hydrogens is 468 g/mol. The van der Waals surface area contributed by atoms with E-state index in [1.807, 2.05) is 36.4 Å². The number of amides is 1. The van der Waals surface area contributed by atoms with Crippen molar-refractivity contribution in [2.75, 3.05) is 6.54 Å². The minimum Gasteiger partial charge on any atom is -0.481 e. The lowest BCUT2D eigenvalue weighted by Gasteiger charge is -2.26. The predicted octanol–water partition coefficient (Wildman–Crippen LogP) is 4.95. The number of aromatic nitrogens is 1. The van der Waals surface area contributed by atoms with Crippen LogP contribution in [0, 0.1) is 5.92 Å². The standard InChI is InChI=1S/C30H34N2O5/c33-27(34)16-13-21-11-4-5-12-22(21)18-23-25-14-15-26(37-25)28(23)30-32-24(19-36-30)29(35)31-17-7-6-10-20-8-2-1-3-9-20/h1-5,8-9,11-12,19,23,25-26,28H,6-7,10,13-18H2,(H,31,35)(H,33,34). The van der Waals surface area contributed by atoms with Gasteiger partial charge in [0.25, 0.3) is 5.91 Å². The largest absolute Gasteiger partial charge is 0.481 e. The van der Waals surface area contributed by atoms with Crippen molar-refractivity contribution in [1.29, 1.82) is 0 Å². The molecule has 0 saturated carbocycles. The van der Waals surface area contributed by atoms with Crippen molar-refractivity contribution in [2.45, 2.75) is 69.5 Å². The number of ether oxygens (including phenoxy) is 1. The second kappa shape index (κ2) is 11.7. The molecule has 0 aliphatic carbocycles. The lowest BCUT2D eigenvalue weighted by atomic mass is 9.75. The summed E-state index contributed by atoms with van der Waals surface area (Å²) in [5.41, 5.74) is 3.82. The number of carbonyl (C=O) groups is 2. The molecule has 2 bridgehead atoms. The van der Waals surface area contributed by atoms with Crippen molar-refractivity contribution in [3.05, 3.63) is 89.1 Å². The zero-order chi connectivity index (χ0) is 25.6. The van der Waals surface area contributed by atoms with Crippen LogP contribution in [0.4, 0.5) is 0 Å². The fraction of sp³-hybridized carbons (Fsp3) is 0.433. The van der Waals surface area contributed by atoms with E-state index < -0.39 is 5.97 Å². The van der Waals surface area contributed by atoms with Gasteiger partial charge in [0.1, 0.15) is 6.26 Å². The van der Waals surface area contributed by atoms with Crippen molar-refractivity contribution in [3.63, 3.8) is 0 Å². The van der Waals surface area contributed by atoms with Gasteiger partial charge in [0.05, 0.1) is 18.1 Å². The van der Waals surface area contributed by atoms with Crippen LogP contribution in [0.5, 0.6) is 0 Å². The Labute approximate surface area is 217 Å². The summed E-state index contributed by atoms with van der Waals surface area (Å²) in [6, 6.07) is 18.4. The summed E-state index contributed by atoms with van der Waals surface area (Å²) < 4.78 is 12.1. The normalized spacial score (nSPS) is 22.3. The highest BCUT2D eigenvalue weighted by Crippen LogP contribution is 2.50. The molecule has 3 aromatic rings. The van der Waals surface area contributed by atoms with E-state index >= 15 is 0 Å². The molecule has 2 fully saturated rings. The van der Waals surface area contributed by atoms with Gasteiger partial charge in [-0.05, 0) is 61.6 Å². The number of fused-ring (bicyclic) bond motifs is 2. The molecular formula is C30H34N2O5. The van der Waals surface area contributed by atoms with Crippen LogP contribution in [0.1, 0.15) is 71.1 Å². The Morgan fingerprint density at radius 2 is 1.70 bits per heavy atom. The fourth-order valence-corrected chi connectivity index (χ4v) is 5.81.